The molecular weight excluding hydrogens is 328 g/mol. The predicted octanol–water partition coefficient (Wildman–Crippen LogP) is 3.01. The van der Waals surface area contributed by atoms with Gasteiger partial charge in [0.15, 0.2) is 5.78 Å². The minimum absolute atomic E-state index is 0.0221. The van der Waals surface area contributed by atoms with Gasteiger partial charge in [-0.3, -0.25) is 9.48 Å². The molecule has 24 heavy (non-hydrogen) atoms. The van der Waals surface area contributed by atoms with E-state index in [4.69, 9.17) is 22.1 Å². The van der Waals surface area contributed by atoms with Crippen LogP contribution in [0.1, 0.15) is 45.2 Å². The third-order valence-electron chi connectivity index (χ3n) is 4.42. The van der Waals surface area contributed by atoms with Crippen molar-refractivity contribution in [1.82, 2.24) is 9.78 Å². The Hall–Kier alpha value is -2.26. The van der Waals surface area contributed by atoms with Crippen molar-refractivity contribution in [2.75, 3.05) is 0 Å². The maximum Gasteiger partial charge on any atom is 0.205 e. The van der Waals surface area contributed by atoms with E-state index < -0.39 is 5.92 Å². The lowest BCUT2D eigenvalue weighted by Gasteiger charge is -2.36. The molecule has 6 nitrogen and oxygen atoms in total. The van der Waals surface area contributed by atoms with Crippen LogP contribution in [-0.4, -0.2) is 15.6 Å². The molecule has 2 aliphatic rings. The molecule has 1 aliphatic heterocycles. The first-order valence-corrected chi connectivity index (χ1v) is 8.22. The largest absolute Gasteiger partial charge is 0.444 e. The number of ether oxygens (including phenoxy) is 1. The molecule has 0 bridgehead atoms. The van der Waals surface area contributed by atoms with Crippen LogP contribution in [0.4, 0.5) is 0 Å². The van der Waals surface area contributed by atoms with Crippen LogP contribution < -0.4 is 5.73 Å². The SMILES string of the molecule is CCn1cc(Cl)c(C2C(C#N)=C(N)OC3=C2C(=O)CC(C)(C)C3)n1. The lowest BCUT2D eigenvalue weighted by molar-refractivity contribution is -0.119. The van der Waals surface area contributed by atoms with Crippen molar-refractivity contribution in [3.05, 3.63) is 39.7 Å². The molecule has 3 rings (SSSR count). The van der Waals surface area contributed by atoms with Crippen LogP contribution in [0.25, 0.3) is 0 Å². The van der Waals surface area contributed by atoms with Crippen molar-refractivity contribution < 1.29 is 9.53 Å². The van der Waals surface area contributed by atoms with E-state index in [0.29, 0.717) is 41.4 Å². The highest BCUT2D eigenvalue weighted by Gasteiger charge is 2.44. The molecule has 0 saturated heterocycles. The van der Waals surface area contributed by atoms with Gasteiger partial charge in [0.25, 0.3) is 0 Å². The van der Waals surface area contributed by atoms with E-state index >= 15 is 0 Å². The molecule has 0 fully saturated rings. The number of hydrogen-bond donors (Lipinski definition) is 1. The number of aryl methyl sites for hydroxylation is 1. The van der Waals surface area contributed by atoms with Gasteiger partial charge in [0.2, 0.25) is 5.88 Å². The zero-order chi connectivity index (χ0) is 17.6. The average Bonchev–Trinajstić information content (AvgIpc) is 2.85. The number of carbonyl (C=O) groups excluding carboxylic acids is 1. The summed E-state index contributed by atoms with van der Waals surface area (Å²) in [5.41, 5.74) is 6.87. The first-order valence-electron chi connectivity index (χ1n) is 7.84. The van der Waals surface area contributed by atoms with Crippen molar-refractivity contribution in [3.8, 4) is 6.07 Å². The molecule has 1 aromatic heterocycles. The third kappa shape index (κ3) is 2.59. The first kappa shape index (κ1) is 16.6. The summed E-state index contributed by atoms with van der Waals surface area (Å²) in [4.78, 5) is 12.8. The fourth-order valence-electron chi connectivity index (χ4n) is 3.33. The Bertz CT molecular complexity index is 826. The van der Waals surface area contributed by atoms with E-state index in [1.54, 1.807) is 10.9 Å². The molecule has 2 N–H and O–H groups in total. The summed E-state index contributed by atoms with van der Waals surface area (Å²) in [6.07, 6.45) is 2.65. The summed E-state index contributed by atoms with van der Waals surface area (Å²) in [5.74, 6) is -0.162. The van der Waals surface area contributed by atoms with Gasteiger partial charge < -0.3 is 10.5 Å². The summed E-state index contributed by atoms with van der Waals surface area (Å²) < 4.78 is 7.32. The van der Waals surface area contributed by atoms with Crippen molar-refractivity contribution in [1.29, 1.82) is 5.26 Å². The van der Waals surface area contributed by atoms with Crippen LogP contribution in [0.2, 0.25) is 5.02 Å². The zero-order valence-corrected chi connectivity index (χ0v) is 14.6. The van der Waals surface area contributed by atoms with Gasteiger partial charge in [-0.05, 0) is 12.3 Å². The van der Waals surface area contributed by atoms with E-state index in [-0.39, 0.29) is 22.7 Å². The van der Waals surface area contributed by atoms with Crippen LogP contribution in [0, 0.1) is 16.7 Å². The monoisotopic (exact) mass is 346 g/mol. The Morgan fingerprint density at radius 2 is 2.25 bits per heavy atom. The summed E-state index contributed by atoms with van der Waals surface area (Å²) >= 11 is 6.33. The first-order chi connectivity index (χ1) is 11.3. The molecule has 0 amide bonds. The number of nitriles is 1. The number of hydrogen-bond acceptors (Lipinski definition) is 5. The van der Waals surface area contributed by atoms with Crippen molar-refractivity contribution >= 4 is 17.4 Å². The third-order valence-corrected chi connectivity index (χ3v) is 4.71. The summed E-state index contributed by atoms with van der Waals surface area (Å²) in [5, 5.41) is 14.4. The molecule has 1 aromatic rings. The normalized spacial score (nSPS) is 23.0. The molecule has 7 heteroatoms. The highest BCUT2D eigenvalue weighted by atomic mass is 35.5. The molecule has 0 spiro atoms. The van der Waals surface area contributed by atoms with Gasteiger partial charge in [0.05, 0.1) is 16.6 Å². The number of nitrogens with two attached hydrogens (primary N) is 1. The smallest absolute Gasteiger partial charge is 0.205 e. The minimum atomic E-state index is -0.664. The topological polar surface area (TPSA) is 93.9 Å². The van der Waals surface area contributed by atoms with Crippen LogP contribution in [0.3, 0.4) is 0 Å². The number of ketones is 1. The van der Waals surface area contributed by atoms with Gasteiger partial charge in [0, 0.05) is 31.2 Å². The van der Waals surface area contributed by atoms with Gasteiger partial charge in [-0.1, -0.05) is 25.4 Å². The minimum Gasteiger partial charge on any atom is -0.444 e. The second kappa shape index (κ2) is 5.67. The number of carbonyl (C=O) groups is 1. The molecular formula is C17H19ClN4O2. The second-order valence-corrected chi connectivity index (χ2v) is 7.33. The molecule has 1 unspecified atom stereocenters. The Kier molecular flexibility index (Phi) is 3.92. The lowest BCUT2D eigenvalue weighted by Crippen LogP contribution is -2.33. The van der Waals surface area contributed by atoms with E-state index in [2.05, 4.69) is 11.2 Å². The number of aromatic nitrogens is 2. The van der Waals surface area contributed by atoms with Gasteiger partial charge in [-0.25, -0.2) is 0 Å². The van der Waals surface area contributed by atoms with Crippen molar-refractivity contribution in [2.24, 2.45) is 11.1 Å². The van der Waals surface area contributed by atoms with E-state index in [0.717, 1.165) is 0 Å². The number of rotatable bonds is 2. The highest BCUT2D eigenvalue weighted by Crippen LogP contribution is 2.48. The van der Waals surface area contributed by atoms with Gasteiger partial charge in [0.1, 0.15) is 17.4 Å². The molecule has 1 atom stereocenters. The van der Waals surface area contributed by atoms with Crippen molar-refractivity contribution in [3.63, 3.8) is 0 Å². The molecule has 0 radical (unpaired) electrons. The Balaban J connectivity index is 2.20. The van der Waals surface area contributed by atoms with Crippen LogP contribution in [0.15, 0.2) is 29.0 Å². The molecule has 0 aromatic carbocycles. The molecule has 2 heterocycles. The van der Waals surface area contributed by atoms with Crippen molar-refractivity contribution in [2.45, 2.75) is 46.1 Å². The summed E-state index contributed by atoms with van der Waals surface area (Å²) in [7, 11) is 0. The van der Waals surface area contributed by atoms with Gasteiger partial charge in [-0.15, -0.1) is 0 Å². The Labute approximate surface area is 145 Å². The maximum atomic E-state index is 12.8. The van der Waals surface area contributed by atoms with E-state index in [9.17, 15) is 10.1 Å². The predicted molar refractivity (Wildman–Crippen MR) is 88.6 cm³/mol. The number of allylic oxidation sites excluding steroid dienone is 3. The van der Waals surface area contributed by atoms with E-state index in [1.807, 2.05) is 20.8 Å². The number of halogens is 1. The standard InChI is InChI=1S/C17H19ClN4O2/c1-4-22-8-10(18)15(21-22)13-9(7-19)16(20)24-12-6-17(2,3)5-11(23)14(12)13/h8,13H,4-6,20H2,1-3H3. The fourth-order valence-corrected chi connectivity index (χ4v) is 3.59. The van der Waals surface area contributed by atoms with Crippen LogP contribution in [0.5, 0.6) is 0 Å². The maximum absolute atomic E-state index is 12.8. The lowest BCUT2D eigenvalue weighted by atomic mass is 9.71. The average molecular weight is 347 g/mol. The summed E-state index contributed by atoms with van der Waals surface area (Å²) in [6, 6.07) is 2.07. The number of Topliss-reactive ketones (excluding diaryl/α,β-unsaturated/α-hetero) is 1. The number of nitrogens with zero attached hydrogens (tertiary/aromatic N) is 3. The van der Waals surface area contributed by atoms with Gasteiger partial charge in [-0.2, -0.15) is 10.4 Å². The zero-order valence-electron chi connectivity index (χ0n) is 13.9. The Morgan fingerprint density at radius 1 is 1.54 bits per heavy atom. The fraction of sp³-hybridized carbons (Fsp3) is 0.471. The van der Waals surface area contributed by atoms with E-state index in [1.165, 1.54) is 0 Å². The summed E-state index contributed by atoms with van der Waals surface area (Å²) in [6.45, 7) is 6.58. The molecule has 126 valence electrons. The molecule has 0 saturated carbocycles. The Morgan fingerprint density at radius 3 is 2.83 bits per heavy atom. The quantitative estimate of drug-likeness (QED) is 0.888. The second-order valence-electron chi connectivity index (χ2n) is 6.92. The molecule has 1 aliphatic carbocycles. The van der Waals surface area contributed by atoms with Crippen LogP contribution >= 0.6 is 11.6 Å². The highest BCUT2D eigenvalue weighted by molar-refractivity contribution is 6.31. The van der Waals surface area contributed by atoms with Crippen LogP contribution in [-0.2, 0) is 16.1 Å². The van der Waals surface area contributed by atoms with Gasteiger partial charge >= 0.3 is 0 Å².